The molecule has 0 aromatic carbocycles. The van der Waals surface area contributed by atoms with Crippen molar-refractivity contribution in [3.8, 4) is 0 Å². The molecule has 4 unspecified atom stereocenters. The van der Waals surface area contributed by atoms with E-state index in [9.17, 15) is 24.3 Å². The molecule has 0 aliphatic heterocycles. The highest BCUT2D eigenvalue weighted by Gasteiger charge is 2.30. The number of hydrogen-bond acceptors (Lipinski definition) is 9. The van der Waals surface area contributed by atoms with Crippen LogP contribution in [0.1, 0.15) is 18.5 Å². The summed E-state index contributed by atoms with van der Waals surface area (Å²) in [4.78, 5) is 56.0. The quantitative estimate of drug-likeness (QED) is 0.136. The zero-order valence-electron chi connectivity index (χ0n) is 18.6. The highest BCUT2D eigenvalue weighted by Crippen LogP contribution is 2.06. The van der Waals surface area contributed by atoms with Gasteiger partial charge in [0, 0.05) is 18.3 Å². The van der Waals surface area contributed by atoms with Crippen LogP contribution < -0.4 is 21.7 Å². The van der Waals surface area contributed by atoms with Crippen molar-refractivity contribution in [2.24, 2.45) is 5.73 Å². The van der Waals surface area contributed by atoms with Gasteiger partial charge in [0.05, 0.1) is 19.0 Å². The van der Waals surface area contributed by atoms with E-state index in [-0.39, 0.29) is 6.42 Å². The van der Waals surface area contributed by atoms with Gasteiger partial charge in [-0.1, -0.05) is 0 Å². The van der Waals surface area contributed by atoms with Crippen LogP contribution in [0.3, 0.4) is 0 Å². The van der Waals surface area contributed by atoms with Crippen molar-refractivity contribution in [2.45, 2.75) is 43.4 Å². The lowest BCUT2D eigenvalue weighted by Crippen LogP contribution is -2.58. The van der Waals surface area contributed by atoms with Crippen molar-refractivity contribution in [1.29, 1.82) is 0 Å². The van der Waals surface area contributed by atoms with Crippen LogP contribution in [0.5, 0.6) is 0 Å². The Labute approximate surface area is 200 Å². The highest BCUT2D eigenvalue weighted by molar-refractivity contribution is 7.98. The van der Waals surface area contributed by atoms with Gasteiger partial charge in [0.2, 0.25) is 17.7 Å². The van der Waals surface area contributed by atoms with Gasteiger partial charge < -0.3 is 36.9 Å². The van der Waals surface area contributed by atoms with Gasteiger partial charge in [-0.15, -0.1) is 0 Å². The Balaban J connectivity index is 2.96. The Morgan fingerprint density at radius 3 is 2.12 bits per heavy atom. The molecule has 0 saturated heterocycles. The number of carboxylic acid groups (broad SMARTS) is 1. The Kier molecular flexibility index (Phi) is 13.5. The number of nitrogens with one attached hydrogen (secondary N) is 4. The molecule has 33 heavy (non-hydrogen) atoms. The number of thioether (sulfide) groups is 2. The Bertz CT molecular complexity index is 766. The van der Waals surface area contributed by atoms with Crippen LogP contribution in [0, 0.1) is 0 Å². The molecule has 3 amide bonds. The number of aromatic amines is 1. The summed E-state index contributed by atoms with van der Waals surface area (Å²) in [6.45, 7) is -0.813. The molecule has 12 nitrogen and oxygen atoms in total. The lowest BCUT2D eigenvalue weighted by molar-refractivity contribution is -0.143. The molecule has 4 atom stereocenters. The molecule has 0 radical (unpaired) electrons. The zero-order chi connectivity index (χ0) is 24.8. The van der Waals surface area contributed by atoms with Crippen LogP contribution in [0.2, 0.25) is 0 Å². The molecule has 14 heteroatoms. The van der Waals surface area contributed by atoms with Gasteiger partial charge in [-0.3, -0.25) is 14.4 Å². The van der Waals surface area contributed by atoms with Gasteiger partial charge >= 0.3 is 5.97 Å². The van der Waals surface area contributed by atoms with Crippen molar-refractivity contribution >= 4 is 47.2 Å². The van der Waals surface area contributed by atoms with Crippen molar-refractivity contribution < 1.29 is 29.4 Å². The number of imidazole rings is 1. The van der Waals surface area contributed by atoms with Crippen LogP contribution >= 0.6 is 23.5 Å². The minimum absolute atomic E-state index is 0.00816. The lowest BCUT2D eigenvalue weighted by atomic mass is 10.1. The van der Waals surface area contributed by atoms with Crippen molar-refractivity contribution in [1.82, 2.24) is 25.9 Å². The third kappa shape index (κ3) is 10.5. The van der Waals surface area contributed by atoms with Crippen LogP contribution in [0.15, 0.2) is 12.5 Å². The fourth-order valence-corrected chi connectivity index (χ4v) is 3.68. The monoisotopic (exact) mass is 504 g/mol. The second kappa shape index (κ2) is 15.5. The van der Waals surface area contributed by atoms with Crippen molar-refractivity contribution in [3.63, 3.8) is 0 Å². The van der Waals surface area contributed by atoms with Gasteiger partial charge in [0.1, 0.15) is 18.1 Å². The molecule has 0 aliphatic rings. The van der Waals surface area contributed by atoms with Crippen molar-refractivity contribution in [2.75, 3.05) is 30.6 Å². The molecule has 1 aromatic heterocycles. The number of nitrogens with zero attached hydrogens (tertiary/aromatic N) is 1. The summed E-state index contributed by atoms with van der Waals surface area (Å²) in [5.41, 5.74) is 6.43. The number of aromatic nitrogens is 2. The number of hydrogen-bond donors (Lipinski definition) is 7. The van der Waals surface area contributed by atoms with E-state index >= 15 is 0 Å². The Morgan fingerprint density at radius 1 is 1.00 bits per heavy atom. The molecule has 0 bridgehead atoms. The van der Waals surface area contributed by atoms with E-state index in [1.807, 2.05) is 12.5 Å². The highest BCUT2D eigenvalue weighted by atomic mass is 32.2. The number of amides is 3. The standard InChI is InChI=1S/C19H32N6O6S2/c1-32-5-3-12(20)16(27)23-13(4-6-33-2)17(28)24-14(7-11-8-21-10-22-11)18(29)25-15(9-26)19(30)31/h8,10,12-15,26H,3-7,9,20H2,1-2H3,(H,21,22)(H,23,27)(H,24,28)(H,25,29)(H,30,31). The molecular weight excluding hydrogens is 472 g/mol. The van der Waals surface area contributed by atoms with E-state index < -0.39 is 54.5 Å². The van der Waals surface area contributed by atoms with Crippen molar-refractivity contribution in [3.05, 3.63) is 18.2 Å². The number of H-pyrrole nitrogens is 1. The number of carbonyl (C=O) groups excluding carboxylic acids is 3. The summed E-state index contributed by atoms with van der Waals surface area (Å²) in [5.74, 6) is -2.02. The maximum absolute atomic E-state index is 13.0. The first-order valence-corrected chi connectivity index (χ1v) is 13.0. The first kappa shape index (κ1) is 28.7. The molecular formula is C19H32N6O6S2. The molecule has 1 aromatic rings. The molecule has 0 saturated carbocycles. The van der Waals surface area contributed by atoms with Gasteiger partial charge in [-0.05, 0) is 36.9 Å². The van der Waals surface area contributed by atoms with E-state index in [2.05, 4.69) is 25.9 Å². The summed E-state index contributed by atoms with van der Waals surface area (Å²) in [6, 6.07) is -4.41. The SMILES string of the molecule is CSCCC(N)C(=O)NC(CCSC)C(=O)NC(Cc1cnc[nH]1)C(=O)NC(CO)C(=O)O. The topological polar surface area (TPSA) is 200 Å². The van der Waals surface area contributed by atoms with E-state index in [1.54, 1.807) is 11.8 Å². The summed E-state index contributed by atoms with van der Waals surface area (Å²) in [6.07, 6.45) is 7.37. The number of nitrogens with two attached hydrogens (primary N) is 1. The normalized spacial score (nSPS) is 14.5. The van der Waals surface area contributed by atoms with E-state index in [0.29, 0.717) is 30.0 Å². The lowest BCUT2D eigenvalue weighted by Gasteiger charge is -2.24. The van der Waals surface area contributed by atoms with Crippen LogP contribution in [0.4, 0.5) is 0 Å². The third-order valence-electron chi connectivity index (χ3n) is 4.62. The molecule has 8 N–H and O–H groups in total. The Hall–Kier alpha value is -2.29. The van der Waals surface area contributed by atoms with E-state index in [1.165, 1.54) is 24.3 Å². The van der Waals surface area contributed by atoms with Gasteiger partial charge in [0.25, 0.3) is 0 Å². The molecule has 1 rings (SSSR count). The smallest absolute Gasteiger partial charge is 0.328 e. The summed E-state index contributed by atoms with van der Waals surface area (Å²) >= 11 is 3.04. The predicted octanol–water partition coefficient (Wildman–Crippen LogP) is -1.68. The number of rotatable bonds is 16. The zero-order valence-corrected chi connectivity index (χ0v) is 20.2. The summed E-state index contributed by atoms with van der Waals surface area (Å²) < 4.78 is 0. The number of carboxylic acids is 1. The van der Waals surface area contributed by atoms with Gasteiger partial charge in [-0.25, -0.2) is 9.78 Å². The number of aliphatic hydroxyl groups is 1. The first-order chi connectivity index (χ1) is 15.7. The molecule has 1 heterocycles. The average molecular weight is 505 g/mol. The fraction of sp³-hybridized carbons (Fsp3) is 0.632. The molecule has 0 spiro atoms. The molecule has 0 fully saturated rings. The second-order valence-electron chi connectivity index (χ2n) is 7.15. The van der Waals surface area contributed by atoms with Crippen LogP contribution in [0.25, 0.3) is 0 Å². The maximum atomic E-state index is 13.0. The maximum Gasteiger partial charge on any atom is 0.328 e. The second-order valence-corrected chi connectivity index (χ2v) is 9.13. The van der Waals surface area contributed by atoms with Crippen LogP contribution in [-0.2, 0) is 25.6 Å². The van der Waals surface area contributed by atoms with Crippen LogP contribution in [-0.4, -0.2) is 98.7 Å². The molecule has 0 aliphatic carbocycles. The minimum atomic E-state index is -1.53. The average Bonchev–Trinajstić information content (AvgIpc) is 3.30. The molecule has 186 valence electrons. The third-order valence-corrected chi connectivity index (χ3v) is 5.91. The van der Waals surface area contributed by atoms with E-state index in [4.69, 9.17) is 10.8 Å². The number of aliphatic carboxylic acids is 1. The van der Waals surface area contributed by atoms with Gasteiger partial charge in [0.15, 0.2) is 0 Å². The fourth-order valence-electron chi connectivity index (χ4n) is 2.71. The van der Waals surface area contributed by atoms with E-state index in [0.717, 1.165) is 0 Å². The summed E-state index contributed by atoms with van der Waals surface area (Å²) in [7, 11) is 0. The largest absolute Gasteiger partial charge is 0.480 e. The number of carbonyl (C=O) groups is 4. The predicted molar refractivity (Wildman–Crippen MR) is 127 cm³/mol. The Morgan fingerprint density at radius 2 is 1.58 bits per heavy atom. The van der Waals surface area contributed by atoms with Gasteiger partial charge in [-0.2, -0.15) is 23.5 Å². The number of aliphatic hydroxyl groups excluding tert-OH is 1. The summed E-state index contributed by atoms with van der Waals surface area (Å²) in [5, 5.41) is 25.7. The minimum Gasteiger partial charge on any atom is -0.480 e. The first-order valence-electron chi connectivity index (χ1n) is 10.2.